The van der Waals surface area contributed by atoms with E-state index in [4.69, 9.17) is 11.0 Å². The Bertz CT molecular complexity index is 828. The largest absolute Gasteiger partial charge is 0.382 e. The van der Waals surface area contributed by atoms with Crippen LogP contribution in [0, 0.1) is 17.2 Å². The van der Waals surface area contributed by atoms with Crippen LogP contribution in [0.5, 0.6) is 0 Å². The minimum atomic E-state index is -0.289. The standard InChI is InChI=1S/C20H23N5OS/c1-14(27-20-23-13-17(12-21)18(22)24-20)19(26)25-9-7-16(8-10-25)11-15-5-3-2-4-6-15/h2-6,13-14,16H,7-11H2,1H3,(H2,22,23,24). The highest BCUT2D eigenvalue weighted by molar-refractivity contribution is 8.00. The number of nitrogen functional groups attached to an aromatic ring is 1. The van der Waals surface area contributed by atoms with Gasteiger partial charge in [0.15, 0.2) is 5.16 Å². The Hall–Kier alpha value is -2.59. The van der Waals surface area contributed by atoms with E-state index in [1.165, 1.54) is 23.5 Å². The Kier molecular flexibility index (Phi) is 6.30. The summed E-state index contributed by atoms with van der Waals surface area (Å²) in [6.07, 6.45) is 4.53. The van der Waals surface area contributed by atoms with Gasteiger partial charge in [0.25, 0.3) is 0 Å². The van der Waals surface area contributed by atoms with Gasteiger partial charge in [-0.2, -0.15) is 5.26 Å². The average Bonchev–Trinajstić information content (AvgIpc) is 2.69. The molecule has 1 saturated heterocycles. The van der Waals surface area contributed by atoms with E-state index in [0.29, 0.717) is 11.1 Å². The Morgan fingerprint density at radius 3 is 2.70 bits per heavy atom. The Morgan fingerprint density at radius 1 is 1.37 bits per heavy atom. The summed E-state index contributed by atoms with van der Waals surface area (Å²) in [4.78, 5) is 22.9. The van der Waals surface area contributed by atoms with Crippen LogP contribution in [0.4, 0.5) is 5.82 Å². The molecule has 3 rings (SSSR count). The van der Waals surface area contributed by atoms with Crippen molar-refractivity contribution in [2.75, 3.05) is 18.8 Å². The predicted molar refractivity (Wildman–Crippen MR) is 106 cm³/mol. The smallest absolute Gasteiger partial charge is 0.235 e. The van der Waals surface area contributed by atoms with Crippen molar-refractivity contribution in [1.29, 1.82) is 5.26 Å². The van der Waals surface area contributed by atoms with Gasteiger partial charge in [0.05, 0.1) is 11.4 Å². The van der Waals surface area contributed by atoms with E-state index in [1.54, 1.807) is 0 Å². The van der Waals surface area contributed by atoms with Crippen LogP contribution in [0.1, 0.15) is 30.9 Å². The maximum absolute atomic E-state index is 12.7. The molecule has 0 spiro atoms. The summed E-state index contributed by atoms with van der Waals surface area (Å²) in [6.45, 7) is 3.44. The van der Waals surface area contributed by atoms with E-state index in [0.717, 1.165) is 32.4 Å². The third kappa shape index (κ3) is 4.98. The van der Waals surface area contributed by atoms with E-state index in [2.05, 4.69) is 34.2 Å². The molecule has 27 heavy (non-hydrogen) atoms. The number of hydrogen-bond donors (Lipinski definition) is 1. The molecule has 1 fully saturated rings. The fraction of sp³-hybridized carbons (Fsp3) is 0.400. The van der Waals surface area contributed by atoms with Gasteiger partial charge in [-0.05, 0) is 37.7 Å². The highest BCUT2D eigenvalue weighted by Gasteiger charge is 2.27. The molecule has 2 N–H and O–H groups in total. The molecule has 1 aromatic carbocycles. The summed E-state index contributed by atoms with van der Waals surface area (Å²) in [5.74, 6) is 0.877. The van der Waals surface area contributed by atoms with Crippen molar-refractivity contribution in [2.45, 2.75) is 36.6 Å². The van der Waals surface area contributed by atoms with Gasteiger partial charge in [-0.25, -0.2) is 9.97 Å². The van der Waals surface area contributed by atoms with Crippen LogP contribution < -0.4 is 5.73 Å². The SMILES string of the molecule is CC(Sc1ncc(C#N)c(N)n1)C(=O)N1CCC(Cc2ccccc2)CC1. The van der Waals surface area contributed by atoms with E-state index < -0.39 is 0 Å². The van der Waals surface area contributed by atoms with Crippen molar-refractivity contribution in [3.8, 4) is 6.07 Å². The highest BCUT2D eigenvalue weighted by Crippen LogP contribution is 2.26. The van der Waals surface area contributed by atoms with Crippen LogP contribution in [0.2, 0.25) is 0 Å². The molecule has 1 atom stereocenters. The number of thioether (sulfide) groups is 1. The molecule has 1 aliphatic rings. The quantitative estimate of drug-likeness (QED) is 0.632. The molecule has 140 valence electrons. The number of nitrogens with two attached hydrogens (primary N) is 1. The summed E-state index contributed by atoms with van der Waals surface area (Å²) < 4.78 is 0. The summed E-state index contributed by atoms with van der Waals surface area (Å²) in [7, 11) is 0. The van der Waals surface area contributed by atoms with Gasteiger partial charge in [-0.1, -0.05) is 42.1 Å². The van der Waals surface area contributed by atoms with E-state index in [9.17, 15) is 4.79 Å². The summed E-state index contributed by atoms with van der Waals surface area (Å²) in [5.41, 5.74) is 7.33. The number of rotatable bonds is 5. The van der Waals surface area contributed by atoms with E-state index >= 15 is 0 Å². The number of likely N-dealkylation sites (tertiary alicyclic amines) is 1. The number of anilines is 1. The molecule has 1 unspecified atom stereocenters. The molecule has 0 saturated carbocycles. The molecule has 0 aliphatic carbocycles. The lowest BCUT2D eigenvalue weighted by molar-refractivity contribution is -0.131. The molecule has 2 aromatic rings. The molecule has 1 aliphatic heterocycles. The second kappa shape index (κ2) is 8.87. The minimum Gasteiger partial charge on any atom is -0.382 e. The number of amides is 1. The lowest BCUT2D eigenvalue weighted by atomic mass is 9.90. The van der Waals surface area contributed by atoms with Crippen LogP contribution in [0.3, 0.4) is 0 Å². The first kappa shape index (κ1) is 19.2. The number of carbonyl (C=O) groups is 1. The van der Waals surface area contributed by atoms with Crippen LogP contribution >= 0.6 is 11.8 Å². The molecule has 6 nitrogen and oxygen atoms in total. The van der Waals surface area contributed by atoms with Crippen LogP contribution in [-0.2, 0) is 11.2 Å². The average molecular weight is 382 g/mol. The number of nitrogens with zero attached hydrogens (tertiary/aromatic N) is 4. The maximum Gasteiger partial charge on any atom is 0.235 e. The van der Waals surface area contributed by atoms with E-state index in [-0.39, 0.29) is 22.5 Å². The number of benzene rings is 1. The fourth-order valence-electron chi connectivity index (χ4n) is 3.29. The van der Waals surface area contributed by atoms with Crippen LogP contribution in [0.25, 0.3) is 0 Å². The summed E-state index contributed by atoms with van der Waals surface area (Å²) in [6, 6.07) is 12.5. The first-order valence-electron chi connectivity index (χ1n) is 9.08. The molecule has 1 aromatic heterocycles. The number of aromatic nitrogens is 2. The first-order valence-corrected chi connectivity index (χ1v) is 9.96. The van der Waals surface area contributed by atoms with Gasteiger partial charge in [0.2, 0.25) is 5.91 Å². The number of hydrogen-bond acceptors (Lipinski definition) is 6. The monoisotopic (exact) mass is 381 g/mol. The summed E-state index contributed by atoms with van der Waals surface area (Å²) in [5, 5.41) is 9.02. The van der Waals surface area contributed by atoms with Crippen molar-refractivity contribution >= 4 is 23.5 Å². The van der Waals surface area contributed by atoms with Crippen molar-refractivity contribution in [1.82, 2.24) is 14.9 Å². The van der Waals surface area contributed by atoms with E-state index in [1.807, 2.05) is 24.0 Å². The highest BCUT2D eigenvalue weighted by atomic mass is 32.2. The first-order chi connectivity index (χ1) is 13.1. The molecule has 2 heterocycles. The van der Waals surface area contributed by atoms with Gasteiger partial charge < -0.3 is 10.6 Å². The van der Waals surface area contributed by atoms with Crippen molar-refractivity contribution < 1.29 is 4.79 Å². The van der Waals surface area contributed by atoms with Crippen LogP contribution in [0.15, 0.2) is 41.7 Å². The Morgan fingerprint density at radius 2 is 2.07 bits per heavy atom. The van der Waals surface area contributed by atoms with Crippen molar-refractivity contribution in [3.63, 3.8) is 0 Å². The van der Waals surface area contributed by atoms with Gasteiger partial charge in [-0.3, -0.25) is 4.79 Å². The predicted octanol–water partition coefficient (Wildman–Crippen LogP) is 2.89. The second-order valence-electron chi connectivity index (χ2n) is 6.78. The number of carbonyl (C=O) groups excluding carboxylic acids is 1. The molecule has 1 amide bonds. The molecule has 0 bridgehead atoms. The van der Waals surface area contributed by atoms with Crippen molar-refractivity contribution in [2.24, 2.45) is 5.92 Å². The lowest BCUT2D eigenvalue weighted by Gasteiger charge is -2.33. The third-order valence-corrected chi connectivity index (χ3v) is 5.80. The second-order valence-corrected chi connectivity index (χ2v) is 8.09. The summed E-state index contributed by atoms with van der Waals surface area (Å²) >= 11 is 1.28. The Labute approximate surface area is 163 Å². The van der Waals surface area contributed by atoms with Crippen molar-refractivity contribution in [3.05, 3.63) is 47.7 Å². The van der Waals surface area contributed by atoms with Gasteiger partial charge in [0.1, 0.15) is 17.5 Å². The molecule has 7 heteroatoms. The van der Waals surface area contributed by atoms with Gasteiger partial charge in [-0.15, -0.1) is 0 Å². The third-order valence-electron chi connectivity index (χ3n) is 4.84. The molecular weight excluding hydrogens is 358 g/mol. The normalized spacial score (nSPS) is 15.9. The fourth-order valence-corrected chi connectivity index (χ4v) is 4.12. The maximum atomic E-state index is 12.7. The molecule has 0 radical (unpaired) electrons. The zero-order valence-corrected chi connectivity index (χ0v) is 16.2. The minimum absolute atomic E-state index is 0.102. The zero-order valence-electron chi connectivity index (χ0n) is 15.3. The molecular formula is C20H23N5OS. The van der Waals surface area contributed by atoms with Gasteiger partial charge >= 0.3 is 0 Å². The zero-order chi connectivity index (χ0) is 19.2. The Balaban J connectivity index is 1.51. The number of piperidine rings is 1. The lowest BCUT2D eigenvalue weighted by Crippen LogP contribution is -2.42. The van der Waals surface area contributed by atoms with Crippen LogP contribution in [-0.4, -0.2) is 39.1 Å². The van der Waals surface area contributed by atoms with Gasteiger partial charge in [0, 0.05) is 13.1 Å². The number of nitriles is 1. The topological polar surface area (TPSA) is 95.9 Å².